The first-order chi connectivity index (χ1) is 28.3. The van der Waals surface area contributed by atoms with E-state index in [-0.39, 0.29) is 50.1 Å². The Bertz CT molecular complexity index is 1210. The number of esters is 2. The van der Waals surface area contributed by atoms with Crippen LogP contribution in [0.15, 0.2) is 24.3 Å². The second kappa shape index (κ2) is 32.1. The van der Waals surface area contributed by atoms with Crippen LogP contribution >= 0.6 is 7.82 Å². The van der Waals surface area contributed by atoms with Crippen molar-refractivity contribution in [2.24, 2.45) is 11.8 Å². The van der Waals surface area contributed by atoms with Gasteiger partial charge in [-0.05, 0) is 32.1 Å². The van der Waals surface area contributed by atoms with Gasteiger partial charge in [-0.1, -0.05) is 147 Å². The van der Waals surface area contributed by atoms with Crippen molar-refractivity contribution in [2.75, 3.05) is 47.5 Å². The number of hydrogen-bond donors (Lipinski definition) is 2. The summed E-state index contributed by atoms with van der Waals surface area (Å²) in [5, 5.41) is 10.4. The molecule has 0 spiro atoms. The maximum Gasteiger partial charge on any atom is 0.472 e. The van der Waals surface area contributed by atoms with Crippen molar-refractivity contribution in [3.8, 4) is 0 Å². The summed E-state index contributed by atoms with van der Waals surface area (Å²) in [5.41, 5.74) is 0. The van der Waals surface area contributed by atoms with Gasteiger partial charge in [0, 0.05) is 31.1 Å². The number of phosphoric ester groups is 1. The van der Waals surface area contributed by atoms with Crippen molar-refractivity contribution in [1.82, 2.24) is 0 Å². The first-order valence-corrected chi connectivity index (χ1v) is 24.9. The molecule has 1 aliphatic carbocycles. The van der Waals surface area contributed by atoms with Crippen LogP contribution in [0.2, 0.25) is 0 Å². The molecule has 1 saturated heterocycles. The summed E-state index contributed by atoms with van der Waals surface area (Å²) in [5.74, 6) is -0.462. The highest BCUT2D eigenvalue weighted by atomic mass is 31.2. The van der Waals surface area contributed by atoms with Crippen LogP contribution < -0.4 is 0 Å². The summed E-state index contributed by atoms with van der Waals surface area (Å²) in [7, 11) is 1.39. The predicted octanol–water partition coefficient (Wildman–Crippen LogP) is 10.5. The van der Waals surface area contributed by atoms with Crippen molar-refractivity contribution in [1.29, 1.82) is 0 Å². The summed E-state index contributed by atoms with van der Waals surface area (Å²) in [4.78, 5) is 46.7. The van der Waals surface area contributed by atoms with E-state index in [0.717, 1.165) is 57.8 Å². The van der Waals surface area contributed by atoms with Crippen LogP contribution in [0, 0.1) is 11.8 Å². The number of aliphatic hydroxyl groups is 1. The Kier molecular flexibility index (Phi) is 29.1. The van der Waals surface area contributed by atoms with Gasteiger partial charge < -0.3 is 24.0 Å². The molecule has 12 nitrogen and oxygen atoms in total. The van der Waals surface area contributed by atoms with Crippen molar-refractivity contribution < 1.29 is 56.9 Å². The number of allylic oxidation sites excluding steroid dienone is 2. The minimum atomic E-state index is -4.42. The van der Waals surface area contributed by atoms with E-state index in [0.29, 0.717) is 23.9 Å². The molecule has 7 atom stereocenters. The zero-order chi connectivity index (χ0) is 43.2. The number of carbonyl (C=O) groups is 2. The molecular formula is C46H85NO11P+. The van der Waals surface area contributed by atoms with Gasteiger partial charge in [-0.15, -0.1) is 0 Å². The molecule has 0 radical (unpaired) electrons. The van der Waals surface area contributed by atoms with E-state index in [1.54, 1.807) is 0 Å². The fourth-order valence-corrected chi connectivity index (χ4v) is 8.35. The smallest absolute Gasteiger partial charge is 0.462 e. The normalized spacial score (nSPS) is 21.3. The lowest BCUT2D eigenvalue weighted by Gasteiger charge is -2.27. The van der Waals surface area contributed by atoms with E-state index >= 15 is 0 Å². The van der Waals surface area contributed by atoms with Gasteiger partial charge in [-0.2, -0.15) is 0 Å². The molecule has 0 aromatic carbocycles. The SMILES string of the molecule is CCCCCCCCCCCCCCCCCC(=O)OCC(COP(=O)(O)OCC[N+](C)(C)C)OC(=O)CCC/C=C\CC1C2CC(OO2)C1/C=C/C(O)CCCCC. The molecule has 1 heterocycles. The molecule has 2 rings (SSSR count). The first-order valence-electron chi connectivity index (χ1n) is 23.4. The summed E-state index contributed by atoms with van der Waals surface area (Å²) in [6.07, 6.45) is 32.5. The Hall–Kier alpha value is -1.63. The molecule has 0 aromatic rings. The number of fused-ring (bicyclic) bond motifs is 2. The van der Waals surface area contributed by atoms with Gasteiger partial charge in [0.1, 0.15) is 25.9 Å². The number of carbonyl (C=O) groups excluding carboxylic acids is 2. The van der Waals surface area contributed by atoms with Gasteiger partial charge in [-0.3, -0.25) is 18.6 Å². The van der Waals surface area contributed by atoms with Gasteiger partial charge in [0.05, 0.1) is 40.0 Å². The average Bonchev–Trinajstić information content (AvgIpc) is 3.79. The van der Waals surface area contributed by atoms with E-state index in [4.69, 9.17) is 28.3 Å². The minimum Gasteiger partial charge on any atom is -0.462 e. The third-order valence-electron chi connectivity index (χ3n) is 11.3. The van der Waals surface area contributed by atoms with Crippen molar-refractivity contribution in [3.63, 3.8) is 0 Å². The molecule has 13 heteroatoms. The maximum absolute atomic E-state index is 12.8. The molecule has 2 bridgehead atoms. The first kappa shape index (κ1) is 53.5. The Labute approximate surface area is 358 Å². The minimum absolute atomic E-state index is 0.00584. The summed E-state index contributed by atoms with van der Waals surface area (Å²) in [6.45, 7) is 4.18. The second-order valence-corrected chi connectivity index (χ2v) is 19.4. The average molecular weight is 859 g/mol. The van der Waals surface area contributed by atoms with Crippen LogP contribution in [0.25, 0.3) is 0 Å². The third kappa shape index (κ3) is 27.1. The zero-order valence-electron chi connectivity index (χ0n) is 37.7. The fourth-order valence-electron chi connectivity index (χ4n) is 7.61. The van der Waals surface area contributed by atoms with Gasteiger partial charge >= 0.3 is 19.8 Å². The van der Waals surface area contributed by atoms with Gasteiger partial charge in [0.2, 0.25) is 0 Å². The van der Waals surface area contributed by atoms with Crippen molar-refractivity contribution in [2.45, 2.75) is 199 Å². The molecule has 7 unspecified atom stereocenters. The Morgan fingerprint density at radius 2 is 1.32 bits per heavy atom. The fraction of sp³-hybridized carbons (Fsp3) is 0.870. The molecule has 0 amide bonds. The summed E-state index contributed by atoms with van der Waals surface area (Å²) in [6, 6.07) is 0. The Morgan fingerprint density at radius 1 is 0.746 bits per heavy atom. The lowest BCUT2D eigenvalue weighted by molar-refractivity contribution is -0.870. The van der Waals surface area contributed by atoms with E-state index in [1.807, 2.05) is 27.2 Å². The molecule has 344 valence electrons. The van der Waals surface area contributed by atoms with Crippen LogP contribution in [-0.4, -0.2) is 98.3 Å². The number of rotatable bonds is 38. The van der Waals surface area contributed by atoms with Crippen molar-refractivity contribution in [3.05, 3.63) is 24.3 Å². The maximum atomic E-state index is 12.8. The van der Waals surface area contributed by atoms with Crippen molar-refractivity contribution >= 4 is 19.8 Å². The monoisotopic (exact) mass is 859 g/mol. The van der Waals surface area contributed by atoms with Crippen LogP contribution in [0.3, 0.4) is 0 Å². The third-order valence-corrected chi connectivity index (χ3v) is 12.3. The highest BCUT2D eigenvalue weighted by molar-refractivity contribution is 7.47. The molecule has 1 saturated carbocycles. The van der Waals surface area contributed by atoms with E-state index < -0.39 is 38.6 Å². The molecule has 2 N–H and O–H groups in total. The largest absolute Gasteiger partial charge is 0.472 e. The lowest BCUT2D eigenvalue weighted by atomic mass is 9.89. The summed E-state index contributed by atoms with van der Waals surface area (Å²) >= 11 is 0. The number of phosphoric acid groups is 1. The standard InChI is InChI=1S/C46H84NO11P/c1-6-8-10-11-12-13-14-15-16-17-18-19-20-21-26-30-45(49)53-37-40(38-55-59(51,52)54-35-34-47(3,4)5)56-46(50)31-27-23-22-25-29-41-42(44-36-43(41)57-58-44)33-32-39(48)28-24-9-7-2/h22,25,32-33,39-44,48H,6-21,23-24,26-31,34-38H2,1-5H3/p+1/b25-22-,33-32+. The zero-order valence-corrected chi connectivity index (χ0v) is 38.6. The predicted molar refractivity (Wildman–Crippen MR) is 233 cm³/mol. The second-order valence-electron chi connectivity index (χ2n) is 17.9. The van der Waals surface area contributed by atoms with Crippen LogP contribution in [0.5, 0.6) is 0 Å². The van der Waals surface area contributed by atoms with Gasteiger partial charge in [0.25, 0.3) is 0 Å². The number of ether oxygens (including phenoxy) is 2. The number of nitrogens with zero attached hydrogens (tertiary/aromatic N) is 1. The number of aliphatic hydroxyl groups excluding tert-OH is 1. The van der Waals surface area contributed by atoms with E-state index in [9.17, 15) is 24.2 Å². The molecule has 0 aromatic heterocycles. The van der Waals surface area contributed by atoms with E-state index in [2.05, 4.69) is 32.1 Å². The molecule has 2 aliphatic rings. The van der Waals surface area contributed by atoms with Gasteiger partial charge in [0.15, 0.2) is 6.10 Å². The highest BCUT2D eigenvalue weighted by Gasteiger charge is 2.49. The van der Waals surface area contributed by atoms with Crippen LogP contribution in [-0.2, 0) is 42.5 Å². The molecular weight excluding hydrogens is 773 g/mol. The van der Waals surface area contributed by atoms with Crippen LogP contribution in [0.4, 0.5) is 0 Å². The number of hydrogen-bond acceptors (Lipinski definition) is 10. The lowest BCUT2D eigenvalue weighted by Crippen LogP contribution is -2.37. The molecule has 59 heavy (non-hydrogen) atoms. The number of quaternary nitrogens is 1. The van der Waals surface area contributed by atoms with E-state index in [1.165, 1.54) is 77.0 Å². The molecule has 2 fully saturated rings. The van der Waals surface area contributed by atoms with Gasteiger partial charge in [-0.25, -0.2) is 14.3 Å². The topological polar surface area (TPSA) is 147 Å². The highest BCUT2D eigenvalue weighted by Crippen LogP contribution is 2.45. The Balaban J connectivity index is 1.71. The quantitative estimate of drug-likeness (QED) is 0.0153. The Morgan fingerprint density at radius 3 is 1.95 bits per heavy atom. The number of likely N-dealkylation sites (N-methyl/N-ethyl adjacent to an activating group) is 1. The van der Waals surface area contributed by atoms with Crippen LogP contribution in [0.1, 0.15) is 174 Å². The molecule has 1 aliphatic heterocycles. The summed E-state index contributed by atoms with van der Waals surface area (Å²) < 4.78 is 34.4. The number of unbranched alkanes of at least 4 members (excludes halogenated alkanes) is 17.